The van der Waals surface area contributed by atoms with E-state index in [1.54, 1.807) is 6.07 Å². The van der Waals surface area contributed by atoms with Crippen LogP contribution in [0.3, 0.4) is 0 Å². The lowest BCUT2D eigenvalue weighted by Gasteiger charge is -2.32. The summed E-state index contributed by atoms with van der Waals surface area (Å²) in [6, 6.07) is 5.55. The molecule has 4 nitrogen and oxygen atoms in total. The van der Waals surface area contributed by atoms with Gasteiger partial charge in [-0.05, 0) is 43.9 Å². The van der Waals surface area contributed by atoms with Crippen molar-refractivity contribution in [3.63, 3.8) is 0 Å². The molecular weight excluding hydrogens is 250 g/mol. The average Bonchev–Trinajstić information content (AvgIpc) is 2.36. The van der Waals surface area contributed by atoms with Crippen LogP contribution in [0.15, 0.2) is 18.2 Å². The molecule has 1 aromatic carbocycles. The number of hydrogen-bond acceptors (Lipinski definition) is 3. The summed E-state index contributed by atoms with van der Waals surface area (Å²) in [5.74, 6) is 0.776. The first-order chi connectivity index (χ1) is 9.52. The molecule has 1 fully saturated rings. The van der Waals surface area contributed by atoms with Crippen molar-refractivity contribution in [3.05, 3.63) is 23.8 Å². The van der Waals surface area contributed by atoms with E-state index in [-0.39, 0.29) is 5.91 Å². The minimum atomic E-state index is 0.0930. The lowest BCUT2D eigenvalue weighted by atomic mass is 9.85. The van der Waals surface area contributed by atoms with E-state index >= 15 is 0 Å². The summed E-state index contributed by atoms with van der Waals surface area (Å²) in [5, 5.41) is 0. The minimum absolute atomic E-state index is 0.0930. The molecule has 2 rings (SSSR count). The third-order valence-electron chi connectivity index (χ3n) is 4.11. The van der Waals surface area contributed by atoms with Crippen molar-refractivity contribution in [1.82, 2.24) is 4.90 Å². The fraction of sp³-hybridized carbons (Fsp3) is 0.562. The topological polar surface area (TPSA) is 49.6 Å². The molecule has 4 heteroatoms. The maximum Gasteiger partial charge on any atom is 0.256 e. The Bertz CT molecular complexity index is 481. The monoisotopic (exact) mass is 275 g/mol. The zero-order valence-corrected chi connectivity index (χ0v) is 12.7. The number of anilines is 2. The number of hydrogen-bond donors (Lipinski definition) is 1. The summed E-state index contributed by atoms with van der Waals surface area (Å²) in [5.41, 5.74) is 8.13. The SMILES string of the molecule is CCN(CC1CCC1)C(=O)c1cc(N)ccc1N(C)C. The van der Waals surface area contributed by atoms with Crippen molar-refractivity contribution < 1.29 is 4.79 Å². The number of nitrogen functional groups attached to an aromatic ring is 1. The summed E-state index contributed by atoms with van der Waals surface area (Å²) in [7, 11) is 3.90. The number of carbonyl (C=O) groups excluding carboxylic acids is 1. The van der Waals surface area contributed by atoms with Crippen LogP contribution in [0.4, 0.5) is 11.4 Å². The highest BCUT2D eigenvalue weighted by atomic mass is 16.2. The van der Waals surface area contributed by atoms with Crippen LogP contribution < -0.4 is 10.6 Å². The van der Waals surface area contributed by atoms with Gasteiger partial charge < -0.3 is 15.5 Å². The molecule has 110 valence electrons. The van der Waals surface area contributed by atoms with Gasteiger partial charge in [0.25, 0.3) is 5.91 Å². The Morgan fingerprint density at radius 1 is 1.35 bits per heavy atom. The van der Waals surface area contributed by atoms with Crippen LogP contribution in [0.1, 0.15) is 36.5 Å². The van der Waals surface area contributed by atoms with Crippen molar-refractivity contribution in [2.24, 2.45) is 5.92 Å². The molecule has 0 heterocycles. The first-order valence-electron chi connectivity index (χ1n) is 7.39. The molecule has 0 saturated heterocycles. The molecule has 0 unspecified atom stereocenters. The number of nitrogens with zero attached hydrogens (tertiary/aromatic N) is 2. The van der Waals surface area contributed by atoms with Gasteiger partial charge in [0.2, 0.25) is 0 Å². The van der Waals surface area contributed by atoms with Crippen molar-refractivity contribution in [3.8, 4) is 0 Å². The van der Waals surface area contributed by atoms with E-state index in [1.165, 1.54) is 19.3 Å². The van der Waals surface area contributed by atoms with Crippen molar-refractivity contribution in [2.45, 2.75) is 26.2 Å². The van der Waals surface area contributed by atoms with Gasteiger partial charge in [0, 0.05) is 38.6 Å². The van der Waals surface area contributed by atoms with Crippen LogP contribution in [0, 0.1) is 5.92 Å². The lowest BCUT2D eigenvalue weighted by molar-refractivity contribution is 0.0707. The predicted octanol–water partition coefficient (Wildman–Crippen LogP) is 2.60. The fourth-order valence-electron chi connectivity index (χ4n) is 2.63. The van der Waals surface area contributed by atoms with E-state index in [4.69, 9.17) is 5.73 Å². The van der Waals surface area contributed by atoms with E-state index in [9.17, 15) is 4.79 Å². The first kappa shape index (κ1) is 14.7. The van der Waals surface area contributed by atoms with Crippen LogP contribution in [-0.2, 0) is 0 Å². The van der Waals surface area contributed by atoms with Crippen molar-refractivity contribution in [2.75, 3.05) is 37.8 Å². The number of benzene rings is 1. The quantitative estimate of drug-likeness (QED) is 0.840. The Balaban J connectivity index is 2.23. The molecule has 1 aliphatic carbocycles. The number of rotatable bonds is 5. The van der Waals surface area contributed by atoms with E-state index in [1.807, 2.05) is 43.0 Å². The smallest absolute Gasteiger partial charge is 0.256 e. The Hall–Kier alpha value is -1.71. The van der Waals surface area contributed by atoms with Crippen LogP contribution >= 0.6 is 0 Å². The van der Waals surface area contributed by atoms with Gasteiger partial charge in [0.05, 0.1) is 5.56 Å². The zero-order chi connectivity index (χ0) is 14.7. The van der Waals surface area contributed by atoms with Crippen LogP contribution in [-0.4, -0.2) is 38.0 Å². The fourth-order valence-corrected chi connectivity index (χ4v) is 2.63. The second kappa shape index (κ2) is 6.16. The second-order valence-electron chi connectivity index (χ2n) is 5.81. The normalized spacial score (nSPS) is 14.8. The van der Waals surface area contributed by atoms with Crippen LogP contribution in [0.25, 0.3) is 0 Å². The van der Waals surface area contributed by atoms with Crippen LogP contribution in [0.2, 0.25) is 0 Å². The Morgan fingerprint density at radius 3 is 2.55 bits per heavy atom. The Morgan fingerprint density at radius 2 is 2.05 bits per heavy atom. The van der Waals surface area contributed by atoms with Crippen molar-refractivity contribution in [1.29, 1.82) is 0 Å². The highest BCUT2D eigenvalue weighted by Gasteiger charge is 2.25. The Labute approximate surface area is 121 Å². The molecular formula is C16H25N3O. The maximum absolute atomic E-state index is 12.8. The van der Waals surface area contributed by atoms with Gasteiger partial charge in [-0.15, -0.1) is 0 Å². The van der Waals surface area contributed by atoms with Gasteiger partial charge in [-0.3, -0.25) is 4.79 Å². The molecule has 1 aromatic rings. The van der Waals surface area contributed by atoms with Crippen molar-refractivity contribution >= 4 is 17.3 Å². The van der Waals surface area contributed by atoms with Crippen LogP contribution in [0.5, 0.6) is 0 Å². The van der Waals surface area contributed by atoms with Gasteiger partial charge in [-0.25, -0.2) is 0 Å². The molecule has 0 radical (unpaired) electrons. The second-order valence-corrected chi connectivity index (χ2v) is 5.81. The van der Waals surface area contributed by atoms with E-state index in [0.29, 0.717) is 17.2 Å². The zero-order valence-electron chi connectivity index (χ0n) is 12.7. The molecule has 1 amide bonds. The lowest BCUT2D eigenvalue weighted by Crippen LogP contribution is -2.37. The Kier molecular flexibility index (Phi) is 4.53. The summed E-state index contributed by atoms with van der Waals surface area (Å²) in [6.45, 7) is 3.66. The first-order valence-corrected chi connectivity index (χ1v) is 7.39. The minimum Gasteiger partial charge on any atom is -0.399 e. The molecule has 0 aliphatic heterocycles. The predicted molar refractivity (Wildman–Crippen MR) is 84.1 cm³/mol. The summed E-state index contributed by atoms with van der Waals surface area (Å²) in [6.07, 6.45) is 3.81. The summed E-state index contributed by atoms with van der Waals surface area (Å²) < 4.78 is 0. The molecule has 0 aromatic heterocycles. The maximum atomic E-state index is 12.8. The molecule has 0 atom stereocenters. The van der Waals surface area contributed by atoms with Gasteiger partial charge in [0.1, 0.15) is 0 Å². The highest BCUT2D eigenvalue weighted by Crippen LogP contribution is 2.29. The number of amides is 1. The highest BCUT2D eigenvalue weighted by molar-refractivity contribution is 6.00. The third-order valence-corrected chi connectivity index (χ3v) is 4.11. The molecule has 0 spiro atoms. The van der Waals surface area contributed by atoms with E-state index < -0.39 is 0 Å². The largest absolute Gasteiger partial charge is 0.399 e. The van der Waals surface area contributed by atoms with E-state index in [0.717, 1.165) is 18.8 Å². The summed E-state index contributed by atoms with van der Waals surface area (Å²) >= 11 is 0. The van der Waals surface area contributed by atoms with E-state index in [2.05, 4.69) is 0 Å². The van der Waals surface area contributed by atoms with Gasteiger partial charge >= 0.3 is 0 Å². The van der Waals surface area contributed by atoms with Gasteiger partial charge in [-0.1, -0.05) is 6.42 Å². The molecule has 1 aliphatic rings. The number of carbonyl (C=O) groups is 1. The third kappa shape index (κ3) is 3.06. The molecule has 20 heavy (non-hydrogen) atoms. The molecule has 0 bridgehead atoms. The molecule has 2 N–H and O–H groups in total. The molecule has 1 saturated carbocycles. The average molecular weight is 275 g/mol. The summed E-state index contributed by atoms with van der Waals surface area (Å²) in [4.78, 5) is 16.7. The standard InChI is InChI=1S/C16H25N3O/c1-4-19(11-12-6-5-7-12)16(20)14-10-13(17)8-9-15(14)18(2)3/h8-10,12H,4-7,11,17H2,1-3H3. The number of nitrogens with two attached hydrogens (primary N) is 1. The van der Waals surface area contributed by atoms with Gasteiger partial charge in [-0.2, -0.15) is 0 Å². The van der Waals surface area contributed by atoms with Gasteiger partial charge in [0.15, 0.2) is 0 Å².